The second kappa shape index (κ2) is 7.55. The molecule has 0 saturated heterocycles. The van der Waals surface area contributed by atoms with Crippen LogP contribution in [0.25, 0.3) is 16.6 Å². The molecule has 1 aromatic heterocycles. The van der Waals surface area contributed by atoms with E-state index < -0.39 is 5.82 Å². The highest BCUT2D eigenvalue weighted by Crippen LogP contribution is 2.25. The van der Waals surface area contributed by atoms with Gasteiger partial charge in [-0.2, -0.15) is 0 Å². The first-order chi connectivity index (χ1) is 13.1. The van der Waals surface area contributed by atoms with Crippen LogP contribution >= 0.6 is 23.4 Å². The van der Waals surface area contributed by atoms with Gasteiger partial charge in [0.15, 0.2) is 5.16 Å². The molecule has 134 valence electrons. The molecule has 6 heteroatoms. The van der Waals surface area contributed by atoms with Gasteiger partial charge in [-0.25, -0.2) is 9.37 Å². The van der Waals surface area contributed by atoms with E-state index in [4.69, 9.17) is 11.6 Å². The lowest BCUT2D eigenvalue weighted by Crippen LogP contribution is -2.21. The van der Waals surface area contributed by atoms with Gasteiger partial charge in [0.05, 0.1) is 16.6 Å². The van der Waals surface area contributed by atoms with Gasteiger partial charge in [0.2, 0.25) is 0 Å². The van der Waals surface area contributed by atoms with Crippen LogP contribution in [0.15, 0.2) is 82.7 Å². The molecule has 0 N–H and O–H groups in total. The van der Waals surface area contributed by atoms with Gasteiger partial charge in [-0.1, -0.05) is 53.7 Å². The Kier molecular flexibility index (Phi) is 4.97. The molecule has 0 radical (unpaired) electrons. The molecule has 0 saturated carbocycles. The van der Waals surface area contributed by atoms with E-state index in [1.54, 1.807) is 30.3 Å². The van der Waals surface area contributed by atoms with Crippen molar-refractivity contribution < 1.29 is 4.39 Å². The van der Waals surface area contributed by atoms with Gasteiger partial charge in [0.1, 0.15) is 5.82 Å². The summed E-state index contributed by atoms with van der Waals surface area (Å²) in [5, 5.41) is 1.68. The first-order valence-corrected chi connectivity index (χ1v) is 9.63. The Morgan fingerprint density at radius 3 is 2.56 bits per heavy atom. The molecule has 0 amide bonds. The summed E-state index contributed by atoms with van der Waals surface area (Å²) < 4.78 is 15.2. The molecular weight excluding hydrogens is 383 g/mol. The third-order valence-corrected chi connectivity index (χ3v) is 5.35. The van der Waals surface area contributed by atoms with Gasteiger partial charge < -0.3 is 0 Å². The maximum Gasteiger partial charge on any atom is 0.266 e. The molecule has 3 nitrogen and oxygen atoms in total. The van der Waals surface area contributed by atoms with Crippen LogP contribution in [-0.4, -0.2) is 9.55 Å². The maximum atomic E-state index is 13.8. The lowest BCUT2D eigenvalue weighted by atomic mass is 10.2. The van der Waals surface area contributed by atoms with Crippen LogP contribution in [0.3, 0.4) is 0 Å². The number of benzene rings is 3. The Hall–Kier alpha value is -2.63. The molecule has 4 rings (SSSR count). The highest BCUT2D eigenvalue weighted by Gasteiger charge is 2.14. The number of aromatic nitrogens is 2. The Morgan fingerprint density at radius 2 is 1.78 bits per heavy atom. The molecule has 0 unspecified atom stereocenters. The van der Waals surface area contributed by atoms with Crippen molar-refractivity contribution in [3.8, 4) is 5.69 Å². The fourth-order valence-corrected chi connectivity index (χ4v) is 3.88. The predicted octanol–water partition coefficient (Wildman–Crippen LogP) is 5.47. The van der Waals surface area contributed by atoms with Crippen LogP contribution in [0.1, 0.15) is 5.56 Å². The van der Waals surface area contributed by atoms with E-state index in [1.165, 1.54) is 28.5 Å². The molecule has 3 aromatic carbocycles. The lowest BCUT2D eigenvalue weighted by molar-refractivity contribution is 0.625. The quantitative estimate of drug-likeness (QED) is 0.339. The lowest BCUT2D eigenvalue weighted by Gasteiger charge is -2.13. The molecule has 0 aliphatic carbocycles. The number of hydrogen-bond acceptors (Lipinski definition) is 3. The van der Waals surface area contributed by atoms with Crippen molar-refractivity contribution in [2.24, 2.45) is 0 Å². The van der Waals surface area contributed by atoms with E-state index in [9.17, 15) is 9.18 Å². The minimum atomic E-state index is -0.402. The van der Waals surface area contributed by atoms with Gasteiger partial charge in [-0.15, -0.1) is 0 Å². The van der Waals surface area contributed by atoms with Crippen molar-refractivity contribution in [3.05, 3.63) is 99.6 Å². The van der Waals surface area contributed by atoms with Crippen molar-refractivity contribution in [2.75, 3.05) is 0 Å². The van der Waals surface area contributed by atoms with Crippen LogP contribution in [0.4, 0.5) is 4.39 Å². The summed E-state index contributed by atoms with van der Waals surface area (Å²) in [5.74, 6) is 0.207. The van der Waals surface area contributed by atoms with Gasteiger partial charge in [-0.05, 0) is 48.0 Å². The van der Waals surface area contributed by atoms with Crippen molar-refractivity contribution >= 4 is 34.3 Å². The normalized spacial score (nSPS) is 11.0. The van der Waals surface area contributed by atoms with E-state index in [0.29, 0.717) is 32.5 Å². The fourth-order valence-electron chi connectivity index (χ4n) is 2.78. The highest BCUT2D eigenvalue weighted by molar-refractivity contribution is 7.98. The largest absolute Gasteiger partial charge is 0.268 e. The van der Waals surface area contributed by atoms with Crippen LogP contribution in [0.5, 0.6) is 0 Å². The average molecular weight is 397 g/mol. The summed E-state index contributed by atoms with van der Waals surface area (Å²) in [4.78, 5) is 17.7. The summed E-state index contributed by atoms with van der Waals surface area (Å²) in [6, 6.07) is 20.7. The molecule has 0 aliphatic heterocycles. The first-order valence-electron chi connectivity index (χ1n) is 8.27. The molecule has 0 bridgehead atoms. The second-order valence-corrected chi connectivity index (χ2v) is 7.33. The number of rotatable bonds is 4. The SMILES string of the molecule is O=c1c2ccccc2nc(SCc2ccc(Cl)cc2)n1-c1cccc(F)c1. The number of hydrogen-bond donors (Lipinski definition) is 0. The van der Waals surface area contributed by atoms with Crippen molar-refractivity contribution in [1.29, 1.82) is 0 Å². The van der Waals surface area contributed by atoms with Crippen LogP contribution in [-0.2, 0) is 5.75 Å². The zero-order valence-corrected chi connectivity index (χ0v) is 15.7. The molecular formula is C21H14ClFN2OS. The number of fused-ring (bicyclic) bond motifs is 1. The first kappa shape index (κ1) is 17.8. The molecule has 0 aliphatic rings. The minimum absolute atomic E-state index is 0.218. The topological polar surface area (TPSA) is 34.9 Å². The molecule has 1 heterocycles. The smallest absolute Gasteiger partial charge is 0.266 e. The van der Waals surface area contributed by atoms with E-state index in [0.717, 1.165) is 5.56 Å². The number of para-hydroxylation sites is 1. The summed E-state index contributed by atoms with van der Waals surface area (Å²) in [6.07, 6.45) is 0. The molecule has 0 atom stereocenters. The zero-order valence-electron chi connectivity index (χ0n) is 14.1. The molecule has 0 fully saturated rings. The minimum Gasteiger partial charge on any atom is -0.268 e. The van der Waals surface area contributed by atoms with E-state index >= 15 is 0 Å². The molecule has 4 aromatic rings. The molecule has 27 heavy (non-hydrogen) atoms. The molecule has 0 spiro atoms. The zero-order chi connectivity index (χ0) is 18.8. The number of halogens is 2. The van der Waals surface area contributed by atoms with E-state index in [1.807, 2.05) is 30.3 Å². The van der Waals surface area contributed by atoms with E-state index in [-0.39, 0.29) is 5.56 Å². The summed E-state index contributed by atoms with van der Waals surface area (Å²) in [7, 11) is 0. The second-order valence-electron chi connectivity index (χ2n) is 5.95. The summed E-state index contributed by atoms with van der Waals surface area (Å²) in [6.45, 7) is 0. The Morgan fingerprint density at radius 1 is 1.00 bits per heavy atom. The predicted molar refractivity (Wildman–Crippen MR) is 108 cm³/mol. The Balaban J connectivity index is 1.83. The fraction of sp³-hybridized carbons (Fsp3) is 0.0476. The standard InChI is InChI=1S/C21H14ClFN2OS/c22-15-10-8-14(9-11-15)13-27-21-24-19-7-2-1-6-18(19)20(26)25(21)17-5-3-4-16(23)12-17/h1-12H,13H2. The van der Waals surface area contributed by atoms with Gasteiger partial charge >= 0.3 is 0 Å². The number of thioether (sulfide) groups is 1. The third kappa shape index (κ3) is 3.75. The number of nitrogens with zero attached hydrogens (tertiary/aromatic N) is 2. The van der Waals surface area contributed by atoms with Crippen LogP contribution in [0.2, 0.25) is 5.02 Å². The average Bonchev–Trinajstić information content (AvgIpc) is 2.68. The van der Waals surface area contributed by atoms with Crippen molar-refractivity contribution in [3.63, 3.8) is 0 Å². The van der Waals surface area contributed by atoms with Crippen LogP contribution < -0.4 is 5.56 Å². The third-order valence-electron chi connectivity index (χ3n) is 4.09. The summed E-state index contributed by atoms with van der Waals surface area (Å²) >= 11 is 7.36. The van der Waals surface area contributed by atoms with Gasteiger partial charge in [-0.3, -0.25) is 9.36 Å². The van der Waals surface area contributed by atoms with Gasteiger partial charge in [0, 0.05) is 10.8 Å². The maximum absolute atomic E-state index is 13.8. The monoisotopic (exact) mass is 396 g/mol. The van der Waals surface area contributed by atoms with Crippen molar-refractivity contribution in [2.45, 2.75) is 10.9 Å². The van der Waals surface area contributed by atoms with Crippen molar-refractivity contribution in [1.82, 2.24) is 9.55 Å². The van der Waals surface area contributed by atoms with Gasteiger partial charge in [0.25, 0.3) is 5.56 Å². The highest BCUT2D eigenvalue weighted by atomic mass is 35.5. The Bertz CT molecular complexity index is 1170. The summed E-state index contributed by atoms with van der Waals surface area (Å²) in [5.41, 5.74) is 1.91. The van der Waals surface area contributed by atoms with Crippen LogP contribution in [0, 0.1) is 5.82 Å². The van der Waals surface area contributed by atoms with E-state index in [2.05, 4.69) is 4.98 Å². The Labute approximate surface area is 164 Å².